The third kappa shape index (κ3) is 6.70. The van der Waals surface area contributed by atoms with Crippen LogP contribution in [0.2, 0.25) is 0 Å². The highest BCUT2D eigenvalue weighted by Crippen LogP contribution is 2.37. The Morgan fingerprint density at radius 3 is 2.28 bits per heavy atom. The van der Waals surface area contributed by atoms with Gasteiger partial charge in [-0.25, -0.2) is 0 Å². The molecule has 32 heavy (non-hydrogen) atoms. The summed E-state index contributed by atoms with van der Waals surface area (Å²) in [4.78, 5) is 12.7. The first kappa shape index (κ1) is 24.1. The smallest absolute Gasteiger partial charge is 0.314 e. The summed E-state index contributed by atoms with van der Waals surface area (Å²) in [5, 5.41) is 9.38. The maximum absolute atomic E-state index is 12.7. The van der Waals surface area contributed by atoms with Crippen molar-refractivity contribution in [2.24, 2.45) is 5.92 Å². The zero-order valence-corrected chi connectivity index (χ0v) is 19.7. The predicted octanol–water partition coefficient (Wildman–Crippen LogP) is 7.51. The van der Waals surface area contributed by atoms with Crippen LogP contribution in [-0.4, -0.2) is 5.97 Å². The Morgan fingerprint density at radius 2 is 1.62 bits per heavy atom. The van der Waals surface area contributed by atoms with Gasteiger partial charge in [-0.2, -0.15) is 5.26 Å². The highest BCUT2D eigenvalue weighted by atomic mass is 16.5. The molecule has 3 nitrogen and oxygen atoms in total. The van der Waals surface area contributed by atoms with Crippen molar-refractivity contribution in [1.82, 2.24) is 0 Å². The van der Waals surface area contributed by atoms with Crippen molar-refractivity contribution in [3.8, 4) is 11.8 Å². The molecule has 1 aliphatic carbocycles. The van der Waals surface area contributed by atoms with E-state index in [2.05, 4.69) is 37.3 Å². The maximum atomic E-state index is 12.7. The van der Waals surface area contributed by atoms with E-state index in [4.69, 9.17) is 4.74 Å². The molecule has 2 aromatic rings. The molecule has 0 spiro atoms. The number of ether oxygens (including phenoxy) is 1. The number of rotatable bonds is 10. The summed E-state index contributed by atoms with van der Waals surface area (Å²) in [7, 11) is 0. The molecule has 0 aromatic heterocycles. The van der Waals surface area contributed by atoms with Gasteiger partial charge in [0.1, 0.15) is 11.8 Å². The van der Waals surface area contributed by atoms with Gasteiger partial charge < -0.3 is 4.74 Å². The van der Waals surface area contributed by atoms with E-state index in [1.54, 1.807) is 6.07 Å². The van der Waals surface area contributed by atoms with Crippen LogP contribution in [0.1, 0.15) is 99.8 Å². The first-order chi connectivity index (χ1) is 15.6. The van der Waals surface area contributed by atoms with Crippen LogP contribution >= 0.6 is 0 Å². The topological polar surface area (TPSA) is 50.1 Å². The van der Waals surface area contributed by atoms with Crippen LogP contribution < -0.4 is 4.74 Å². The zero-order chi connectivity index (χ0) is 22.8. The Bertz CT molecular complexity index is 902. The lowest BCUT2D eigenvalue weighted by atomic mass is 9.78. The third-order valence-corrected chi connectivity index (χ3v) is 6.86. The summed E-state index contributed by atoms with van der Waals surface area (Å²) in [6, 6.07) is 16.8. The van der Waals surface area contributed by atoms with Crippen molar-refractivity contribution < 1.29 is 9.53 Å². The summed E-state index contributed by atoms with van der Waals surface area (Å²) in [6.45, 7) is 4.30. The molecule has 1 aliphatic rings. The summed E-state index contributed by atoms with van der Waals surface area (Å²) >= 11 is 0. The number of esters is 1. The van der Waals surface area contributed by atoms with E-state index in [0.29, 0.717) is 17.2 Å². The fraction of sp³-hybridized carbons (Fsp3) is 0.517. The Kier molecular flexibility index (Phi) is 9.35. The number of nitriles is 1. The van der Waals surface area contributed by atoms with Gasteiger partial charge in [0, 0.05) is 0 Å². The number of unbranched alkanes of at least 4 members (excludes halogenated alkanes) is 4. The molecule has 0 amide bonds. The molecule has 0 saturated heterocycles. The second-order valence-electron chi connectivity index (χ2n) is 9.17. The largest absolute Gasteiger partial charge is 0.425 e. The second-order valence-corrected chi connectivity index (χ2v) is 9.17. The molecule has 0 radical (unpaired) electrons. The first-order valence-electron chi connectivity index (χ1n) is 12.5. The Balaban J connectivity index is 1.47. The molecule has 1 saturated carbocycles. The lowest BCUT2D eigenvalue weighted by Crippen LogP contribution is -2.25. The first-order valence-corrected chi connectivity index (χ1v) is 12.5. The van der Waals surface area contributed by atoms with Gasteiger partial charge in [0.15, 0.2) is 0 Å². The molecular weight excluding hydrogens is 394 g/mol. The summed E-state index contributed by atoms with van der Waals surface area (Å²) < 4.78 is 5.63. The molecule has 2 aromatic carbocycles. The quantitative estimate of drug-likeness (QED) is 0.222. The van der Waals surface area contributed by atoms with Gasteiger partial charge >= 0.3 is 5.97 Å². The Morgan fingerprint density at radius 1 is 0.938 bits per heavy atom. The van der Waals surface area contributed by atoms with Crippen molar-refractivity contribution in [2.75, 3.05) is 0 Å². The number of carbonyl (C=O) groups excluding carboxylic acids is 1. The molecule has 3 rings (SSSR count). The van der Waals surface area contributed by atoms with E-state index >= 15 is 0 Å². The minimum Gasteiger partial charge on any atom is -0.425 e. The number of aryl methyl sites for hydroxylation is 2. The average molecular weight is 432 g/mol. The second kappa shape index (κ2) is 12.4. The monoisotopic (exact) mass is 431 g/mol. The maximum Gasteiger partial charge on any atom is 0.314 e. The molecule has 3 heteroatoms. The lowest BCUT2D eigenvalue weighted by molar-refractivity contribution is -0.140. The van der Waals surface area contributed by atoms with Crippen LogP contribution in [0.4, 0.5) is 0 Å². The van der Waals surface area contributed by atoms with E-state index in [1.807, 2.05) is 19.1 Å². The lowest BCUT2D eigenvalue weighted by Gasteiger charge is -2.27. The Labute approximate surface area is 193 Å². The van der Waals surface area contributed by atoms with Crippen molar-refractivity contribution in [3.05, 3.63) is 64.7 Å². The molecular formula is C29H37NO2. The molecule has 0 N–H and O–H groups in total. The summed E-state index contributed by atoms with van der Waals surface area (Å²) in [5.74, 6) is 0.645. The van der Waals surface area contributed by atoms with Gasteiger partial charge in [0.25, 0.3) is 0 Å². The number of hydrogen-bond acceptors (Lipinski definition) is 3. The summed E-state index contributed by atoms with van der Waals surface area (Å²) in [6.07, 6.45) is 12.3. The number of hydrogen-bond donors (Lipinski definition) is 0. The van der Waals surface area contributed by atoms with Crippen molar-refractivity contribution >= 4 is 5.97 Å². The molecule has 0 heterocycles. The van der Waals surface area contributed by atoms with E-state index in [9.17, 15) is 10.1 Å². The summed E-state index contributed by atoms with van der Waals surface area (Å²) in [5.41, 5.74) is 4.35. The molecule has 0 unspecified atom stereocenters. The minimum absolute atomic E-state index is 0.0777. The molecule has 170 valence electrons. The van der Waals surface area contributed by atoms with E-state index in [1.165, 1.54) is 49.7 Å². The highest BCUT2D eigenvalue weighted by Gasteiger charge is 2.29. The molecule has 1 fully saturated rings. The number of benzene rings is 2. The van der Waals surface area contributed by atoms with Crippen LogP contribution in [0.3, 0.4) is 0 Å². The van der Waals surface area contributed by atoms with Gasteiger partial charge in [-0.05, 0) is 79.7 Å². The average Bonchev–Trinajstić information content (AvgIpc) is 2.84. The van der Waals surface area contributed by atoms with Gasteiger partial charge in [-0.3, -0.25) is 4.79 Å². The zero-order valence-electron chi connectivity index (χ0n) is 19.7. The molecule has 0 bridgehead atoms. The van der Waals surface area contributed by atoms with E-state index in [-0.39, 0.29) is 11.9 Å². The van der Waals surface area contributed by atoms with Crippen molar-refractivity contribution in [3.63, 3.8) is 0 Å². The van der Waals surface area contributed by atoms with Crippen LogP contribution in [0, 0.1) is 17.2 Å². The van der Waals surface area contributed by atoms with Crippen molar-refractivity contribution in [1.29, 1.82) is 5.26 Å². The van der Waals surface area contributed by atoms with E-state index in [0.717, 1.165) is 37.7 Å². The van der Waals surface area contributed by atoms with E-state index < -0.39 is 0 Å². The number of nitrogens with zero attached hydrogens (tertiary/aromatic N) is 1. The van der Waals surface area contributed by atoms with Crippen LogP contribution in [-0.2, 0) is 17.6 Å². The van der Waals surface area contributed by atoms with Crippen LogP contribution in [0.5, 0.6) is 5.75 Å². The van der Waals surface area contributed by atoms with Crippen LogP contribution in [0.15, 0.2) is 42.5 Å². The predicted molar refractivity (Wildman–Crippen MR) is 130 cm³/mol. The fourth-order valence-electron chi connectivity index (χ4n) is 4.72. The SMILES string of the molecule is CCCCCCCc1ccc(C2CCC(C(=O)Oc3ccc(CC)cc3C#N)CC2)cc1. The van der Waals surface area contributed by atoms with Gasteiger partial charge in [0.2, 0.25) is 0 Å². The molecule has 0 atom stereocenters. The normalized spacial score (nSPS) is 18.2. The van der Waals surface area contributed by atoms with Gasteiger partial charge in [0.05, 0.1) is 11.5 Å². The fourth-order valence-corrected chi connectivity index (χ4v) is 4.72. The third-order valence-electron chi connectivity index (χ3n) is 6.86. The Hall–Kier alpha value is -2.60. The van der Waals surface area contributed by atoms with Crippen molar-refractivity contribution in [2.45, 2.75) is 90.4 Å². The van der Waals surface area contributed by atoms with Gasteiger partial charge in [-0.15, -0.1) is 0 Å². The molecule has 0 aliphatic heterocycles. The highest BCUT2D eigenvalue weighted by molar-refractivity contribution is 5.76. The minimum atomic E-state index is -0.192. The van der Waals surface area contributed by atoms with Gasteiger partial charge in [-0.1, -0.05) is 69.9 Å². The number of carbonyl (C=O) groups is 1. The van der Waals surface area contributed by atoms with Crippen LogP contribution in [0.25, 0.3) is 0 Å². The standard InChI is InChI=1S/C29H37NO2/c1-3-5-6-7-8-9-23-10-13-24(14-11-23)25-15-17-26(18-16-25)29(31)32-28-19-12-22(4-2)20-27(28)21-30/h10-14,19-20,25-26H,3-9,15-18H2,1-2H3.